The van der Waals surface area contributed by atoms with Gasteiger partial charge in [-0.1, -0.05) is 6.07 Å². The number of hydrogen-bond acceptors (Lipinski definition) is 4. The van der Waals surface area contributed by atoms with E-state index in [9.17, 15) is 4.79 Å². The van der Waals surface area contributed by atoms with Crippen LogP contribution in [0, 0.1) is 0 Å². The average molecular weight is 378 g/mol. The molecule has 1 amide bonds. The zero-order valence-electron chi connectivity index (χ0n) is 17.6. The van der Waals surface area contributed by atoms with E-state index in [1.54, 1.807) is 17.3 Å². The predicted octanol–water partition coefficient (Wildman–Crippen LogP) is 3.17. The fourth-order valence-corrected chi connectivity index (χ4v) is 2.32. The highest BCUT2D eigenvalue weighted by atomic mass is 16.6. The maximum Gasteiger partial charge on any atom is 0.410 e. The molecule has 0 atom stereocenters. The normalized spacial score (nSPS) is 12.0. The second-order valence-electron chi connectivity index (χ2n) is 7.68. The third kappa shape index (κ3) is 10.4. The van der Waals surface area contributed by atoms with Gasteiger partial charge >= 0.3 is 6.09 Å². The van der Waals surface area contributed by atoms with Gasteiger partial charge in [0, 0.05) is 38.1 Å². The van der Waals surface area contributed by atoms with Crippen molar-refractivity contribution < 1.29 is 9.53 Å². The highest BCUT2D eigenvalue weighted by Crippen LogP contribution is 2.13. The Morgan fingerprint density at radius 1 is 1.37 bits per heavy atom. The first-order chi connectivity index (χ1) is 12.7. The molecule has 0 aromatic carbocycles. The molecule has 2 N–H and O–H groups in total. The van der Waals surface area contributed by atoms with Crippen LogP contribution in [-0.4, -0.2) is 53.2 Å². The minimum absolute atomic E-state index is 0.312. The second-order valence-corrected chi connectivity index (χ2v) is 7.68. The van der Waals surface area contributed by atoms with Gasteiger partial charge < -0.3 is 20.3 Å². The molecule has 0 saturated heterocycles. The molecule has 0 radical (unpaired) electrons. The van der Waals surface area contributed by atoms with E-state index in [2.05, 4.69) is 34.5 Å². The van der Waals surface area contributed by atoms with Crippen LogP contribution in [0.3, 0.4) is 0 Å². The topological polar surface area (TPSA) is 78.9 Å². The van der Waals surface area contributed by atoms with Crippen LogP contribution < -0.4 is 10.6 Å². The van der Waals surface area contributed by atoms with E-state index in [4.69, 9.17) is 4.74 Å². The number of aromatic nitrogens is 1. The van der Waals surface area contributed by atoms with Crippen LogP contribution >= 0.6 is 0 Å². The highest BCUT2D eigenvalue weighted by molar-refractivity contribution is 5.79. The SMILES string of the molecule is CCNC(=NCCCN(Cc1cccnc1)C(=O)OC(C)(C)C)NC(C)C. The third-order valence-corrected chi connectivity index (χ3v) is 3.37. The minimum Gasteiger partial charge on any atom is -0.444 e. The molecule has 152 valence electrons. The molecular formula is C20H35N5O2. The first-order valence-electron chi connectivity index (χ1n) is 9.63. The number of guanidine groups is 1. The molecule has 0 bridgehead atoms. The highest BCUT2D eigenvalue weighted by Gasteiger charge is 2.22. The largest absolute Gasteiger partial charge is 0.444 e. The summed E-state index contributed by atoms with van der Waals surface area (Å²) in [6.07, 6.45) is 3.92. The number of nitrogens with one attached hydrogen (secondary N) is 2. The molecule has 0 spiro atoms. The summed E-state index contributed by atoms with van der Waals surface area (Å²) in [6, 6.07) is 4.14. The van der Waals surface area contributed by atoms with E-state index in [-0.39, 0.29) is 6.09 Å². The standard InChI is InChI=1S/C20H35N5O2/c1-7-22-18(24-16(2)3)23-12-9-13-25(19(26)27-20(4,5)6)15-17-10-8-11-21-14-17/h8,10-11,14,16H,7,9,12-13,15H2,1-6H3,(H2,22,23,24). The van der Waals surface area contributed by atoms with E-state index < -0.39 is 5.60 Å². The Labute approximate surface area is 163 Å². The van der Waals surface area contributed by atoms with Crippen LogP contribution in [0.2, 0.25) is 0 Å². The Morgan fingerprint density at radius 2 is 2.11 bits per heavy atom. The number of carbonyl (C=O) groups is 1. The smallest absolute Gasteiger partial charge is 0.410 e. The Bertz CT molecular complexity index is 582. The summed E-state index contributed by atoms with van der Waals surface area (Å²) in [7, 11) is 0. The molecular weight excluding hydrogens is 342 g/mol. The fraction of sp³-hybridized carbons (Fsp3) is 0.650. The van der Waals surface area contributed by atoms with Crippen LogP contribution in [0.4, 0.5) is 4.79 Å². The van der Waals surface area contributed by atoms with Crippen LogP contribution in [-0.2, 0) is 11.3 Å². The Hall–Kier alpha value is -2.31. The molecule has 1 aromatic heterocycles. The summed E-state index contributed by atoms with van der Waals surface area (Å²) < 4.78 is 5.55. The van der Waals surface area contributed by atoms with Crippen molar-refractivity contribution in [2.24, 2.45) is 4.99 Å². The number of pyridine rings is 1. The van der Waals surface area contributed by atoms with Gasteiger partial charge in [-0.15, -0.1) is 0 Å². The Balaban J connectivity index is 2.68. The summed E-state index contributed by atoms with van der Waals surface area (Å²) in [4.78, 5) is 23.0. The van der Waals surface area contributed by atoms with Crippen molar-refractivity contribution in [3.05, 3.63) is 30.1 Å². The van der Waals surface area contributed by atoms with Gasteiger partial charge in [-0.3, -0.25) is 9.98 Å². The second kappa shape index (κ2) is 11.4. The average Bonchev–Trinajstić information content (AvgIpc) is 2.56. The number of nitrogens with zero attached hydrogens (tertiary/aromatic N) is 3. The molecule has 0 saturated carbocycles. The number of ether oxygens (including phenoxy) is 1. The summed E-state index contributed by atoms with van der Waals surface area (Å²) >= 11 is 0. The fourth-order valence-electron chi connectivity index (χ4n) is 2.32. The van der Waals surface area contributed by atoms with Crippen LogP contribution in [0.25, 0.3) is 0 Å². The molecule has 0 unspecified atom stereocenters. The Kier molecular flexibility index (Phi) is 9.61. The molecule has 7 heteroatoms. The van der Waals surface area contributed by atoms with Crippen molar-refractivity contribution >= 4 is 12.1 Å². The molecule has 0 aliphatic rings. The lowest BCUT2D eigenvalue weighted by Gasteiger charge is -2.27. The summed E-state index contributed by atoms with van der Waals surface area (Å²) in [5.41, 5.74) is 0.448. The molecule has 1 rings (SSSR count). The van der Waals surface area contributed by atoms with E-state index in [0.717, 1.165) is 24.5 Å². The monoisotopic (exact) mass is 377 g/mol. The van der Waals surface area contributed by atoms with Crippen molar-refractivity contribution in [1.82, 2.24) is 20.5 Å². The lowest BCUT2D eigenvalue weighted by molar-refractivity contribution is 0.0232. The van der Waals surface area contributed by atoms with Gasteiger partial charge in [0.05, 0.1) is 6.54 Å². The Morgan fingerprint density at radius 3 is 2.67 bits per heavy atom. The van der Waals surface area contributed by atoms with E-state index in [1.807, 2.05) is 39.8 Å². The van der Waals surface area contributed by atoms with Crippen molar-refractivity contribution in [1.29, 1.82) is 0 Å². The zero-order chi connectivity index (χ0) is 20.3. The van der Waals surface area contributed by atoms with Gasteiger partial charge in [0.25, 0.3) is 0 Å². The number of rotatable bonds is 8. The molecule has 7 nitrogen and oxygen atoms in total. The maximum absolute atomic E-state index is 12.6. The number of amides is 1. The summed E-state index contributed by atoms with van der Waals surface area (Å²) in [5, 5.41) is 6.51. The molecule has 0 aliphatic heterocycles. The molecule has 1 aromatic rings. The maximum atomic E-state index is 12.6. The third-order valence-electron chi connectivity index (χ3n) is 3.37. The van der Waals surface area contributed by atoms with Gasteiger partial charge in [0.1, 0.15) is 5.60 Å². The van der Waals surface area contributed by atoms with Gasteiger partial charge in [-0.05, 0) is 59.6 Å². The first-order valence-corrected chi connectivity index (χ1v) is 9.63. The lowest BCUT2D eigenvalue weighted by Crippen LogP contribution is -2.41. The van der Waals surface area contributed by atoms with Gasteiger partial charge in [-0.2, -0.15) is 0 Å². The molecule has 0 fully saturated rings. The quantitative estimate of drug-likeness (QED) is 0.413. The minimum atomic E-state index is -0.526. The van der Waals surface area contributed by atoms with Crippen LogP contribution in [0.5, 0.6) is 0 Å². The van der Waals surface area contributed by atoms with Gasteiger partial charge in [0.15, 0.2) is 5.96 Å². The molecule has 27 heavy (non-hydrogen) atoms. The summed E-state index contributed by atoms with van der Waals surface area (Å²) in [6.45, 7) is 14.3. The van der Waals surface area contributed by atoms with E-state index >= 15 is 0 Å². The molecule has 1 heterocycles. The number of carbonyl (C=O) groups excluding carboxylic acids is 1. The number of aliphatic imine (C=N–C) groups is 1. The van der Waals surface area contributed by atoms with Crippen LogP contribution in [0.1, 0.15) is 53.5 Å². The van der Waals surface area contributed by atoms with Crippen molar-refractivity contribution in [3.8, 4) is 0 Å². The predicted molar refractivity (Wildman–Crippen MR) is 110 cm³/mol. The summed E-state index contributed by atoms with van der Waals surface area (Å²) in [5.74, 6) is 0.795. The van der Waals surface area contributed by atoms with Crippen molar-refractivity contribution in [2.75, 3.05) is 19.6 Å². The van der Waals surface area contributed by atoms with E-state index in [0.29, 0.717) is 25.7 Å². The lowest BCUT2D eigenvalue weighted by atomic mass is 10.2. The number of hydrogen-bond donors (Lipinski definition) is 2. The zero-order valence-corrected chi connectivity index (χ0v) is 17.6. The van der Waals surface area contributed by atoms with Crippen LogP contribution in [0.15, 0.2) is 29.5 Å². The van der Waals surface area contributed by atoms with Gasteiger partial charge in [-0.25, -0.2) is 4.79 Å². The molecule has 0 aliphatic carbocycles. The van der Waals surface area contributed by atoms with Crippen molar-refractivity contribution in [2.45, 2.75) is 66.2 Å². The van der Waals surface area contributed by atoms with E-state index in [1.165, 1.54) is 0 Å². The van der Waals surface area contributed by atoms with Crippen molar-refractivity contribution in [3.63, 3.8) is 0 Å². The first kappa shape index (κ1) is 22.7. The van der Waals surface area contributed by atoms with Gasteiger partial charge in [0.2, 0.25) is 0 Å².